The molecule has 0 aromatic rings. The molecule has 0 bridgehead atoms. The largest absolute Gasteiger partial charge is 0.370 e. The third kappa shape index (κ3) is 2.48. The van der Waals surface area contributed by atoms with Crippen molar-refractivity contribution in [2.75, 3.05) is 26.7 Å². The van der Waals surface area contributed by atoms with Crippen LogP contribution in [0.5, 0.6) is 0 Å². The summed E-state index contributed by atoms with van der Waals surface area (Å²) in [6.07, 6.45) is 0.465. The lowest BCUT2D eigenvalue weighted by molar-refractivity contribution is -0.118. The molecule has 1 heterocycles. The van der Waals surface area contributed by atoms with Crippen LogP contribution in [0.1, 0.15) is 6.42 Å². The Labute approximate surface area is 66.7 Å². The fourth-order valence-electron chi connectivity index (χ4n) is 1.05. The van der Waals surface area contributed by atoms with Gasteiger partial charge in [-0.2, -0.15) is 0 Å². The maximum Gasteiger partial charge on any atom is 0.218 e. The van der Waals surface area contributed by atoms with Crippen molar-refractivity contribution >= 4 is 5.91 Å². The monoisotopic (exact) mass is 157 g/mol. The molecule has 1 amide bonds. The summed E-state index contributed by atoms with van der Waals surface area (Å²) in [5.74, 6) is -0.218. The lowest BCUT2D eigenvalue weighted by Gasteiger charge is -2.35. The lowest BCUT2D eigenvalue weighted by atomic mass is 10.1. The maximum absolute atomic E-state index is 10.4. The van der Waals surface area contributed by atoms with Gasteiger partial charge in [-0.3, -0.25) is 4.79 Å². The summed E-state index contributed by atoms with van der Waals surface area (Å²) in [5.41, 5.74) is 5.02. The van der Waals surface area contributed by atoms with E-state index in [0.717, 1.165) is 19.6 Å². The normalized spacial score (nSPS) is 18.4. The van der Waals surface area contributed by atoms with Crippen molar-refractivity contribution in [2.24, 2.45) is 5.73 Å². The van der Waals surface area contributed by atoms with Gasteiger partial charge < -0.3 is 16.0 Å². The molecule has 1 aliphatic heterocycles. The van der Waals surface area contributed by atoms with Crippen molar-refractivity contribution in [3.05, 3.63) is 0 Å². The van der Waals surface area contributed by atoms with E-state index >= 15 is 0 Å². The summed E-state index contributed by atoms with van der Waals surface area (Å²) in [6.45, 7) is 2.85. The number of nitrogens with zero attached hydrogens (tertiary/aromatic N) is 1. The number of amides is 1. The van der Waals surface area contributed by atoms with Crippen LogP contribution in [-0.4, -0.2) is 43.5 Å². The van der Waals surface area contributed by atoms with Gasteiger partial charge in [0.25, 0.3) is 0 Å². The third-order valence-electron chi connectivity index (χ3n) is 2.09. The highest BCUT2D eigenvalue weighted by molar-refractivity contribution is 5.73. The van der Waals surface area contributed by atoms with Crippen LogP contribution in [0.4, 0.5) is 0 Å². The fourth-order valence-corrected chi connectivity index (χ4v) is 1.05. The first kappa shape index (κ1) is 8.49. The first-order chi connectivity index (χ1) is 5.20. The lowest BCUT2D eigenvalue weighted by Crippen LogP contribution is -2.56. The van der Waals surface area contributed by atoms with Crippen LogP contribution in [0.25, 0.3) is 0 Å². The molecule has 3 N–H and O–H groups in total. The molecule has 1 saturated heterocycles. The van der Waals surface area contributed by atoms with Crippen molar-refractivity contribution in [3.8, 4) is 0 Å². The molecule has 4 nitrogen and oxygen atoms in total. The molecule has 11 heavy (non-hydrogen) atoms. The maximum atomic E-state index is 10.4. The topological polar surface area (TPSA) is 58.4 Å². The Kier molecular flexibility index (Phi) is 2.84. The van der Waals surface area contributed by atoms with Crippen LogP contribution in [0, 0.1) is 0 Å². The Balaban J connectivity index is 2.09. The van der Waals surface area contributed by atoms with Gasteiger partial charge >= 0.3 is 0 Å². The molecule has 0 radical (unpaired) electrons. The molecule has 64 valence electrons. The Bertz CT molecular complexity index is 145. The highest BCUT2D eigenvalue weighted by atomic mass is 16.1. The van der Waals surface area contributed by atoms with Crippen molar-refractivity contribution in [3.63, 3.8) is 0 Å². The Morgan fingerprint density at radius 1 is 1.73 bits per heavy atom. The van der Waals surface area contributed by atoms with Crippen LogP contribution in [0.2, 0.25) is 0 Å². The Hall–Kier alpha value is -0.610. The number of primary amides is 1. The number of hydrogen-bond acceptors (Lipinski definition) is 3. The number of carbonyl (C=O) groups is 1. The molecule has 0 unspecified atom stereocenters. The summed E-state index contributed by atoms with van der Waals surface area (Å²) in [5, 5.41) is 3.17. The zero-order chi connectivity index (χ0) is 8.27. The molecule has 0 aromatic heterocycles. The van der Waals surface area contributed by atoms with Crippen LogP contribution >= 0.6 is 0 Å². The van der Waals surface area contributed by atoms with Crippen LogP contribution in [0.3, 0.4) is 0 Å². The molecule has 0 aromatic carbocycles. The zero-order valence-electron chi connectivity index (χ0n) is 6.84. The smallest absolute Gasteiger partial charge is 0.218 e. The predicted molar refractivity (Wildman–Crippen MR) is 43.1 cm³/mol. The molecule has 1 aliphatic rings. The van der Waals surface area contributed by atoms with E-state index in [-0.39, 0.29) is 5.91 Å². The van der Waals surface area contributed by atoms with E-state index in [9.17, 15) is 4.79 Å². The molecular formula is C7H15N3O. The van der Waals surface area contributed by atoms with Gasteiger partial charge in [-0.25, -0.2) is 0 Å². The highest BCUT2D eigenvalue weighted by Crippen LogP contribution is 2.01. The van der Waals surface area contributed by atoms with Gasteiger partial charge in [0, 0.05) is 32.1 Å². The van der Waals surface area contributed by atoms with E-state index in [4.69, 9.17) is 5.73 Å². The van der Waals surface area contributed by atoms with E-state index in [1.807, 2.05) is 7.05 Å². The average molecular weight is 157 g/mol. The predicted octanol–water partition coefficient (Wildman–Crippen LogP) is -1.23. The Morgan fingerprint density at radius 2 is 2.36 bits per heavy atom. The number of likely N-dealkylation sites (N-methyl/N-ethyl adjacent to an activating group) is 1. The molecule has 0 saturated carbocycles. The second-order valence-corrected chi connectivity index (χ2v) is 3.01. The summed E-state index contributed by atoms with van der Waals surface area (Å²) in [6, 6.07) is 0.606. The summed E-state index contributed by atoms with van der Waals surface area (Å²) < 4.78 is 0. The Morgan fingerprint density at radius 3 is 2.73 bits per heavy atom. The fraction of sp³-hybridized carbons (Fsp3) is 0.857. The van der Waals surface area contributed by atoms with Gasteiger partial charge in [0.05, 0.1) is 0 Å². The zero-order valence-corrected chi connectivity index (χ0v) is 6.84. The first-order valence-electron chi connectivity index (χ1n) is 3.89. The second kappa shape index (κ2) is 3.69. The first-order valence-corrected chi connectivity index (χ1v) is 3.89. The van der Waals surface area contributed by atoms with Gasteiger partial charge in [-0.15, -0.1) is 0 Å². The summed E-state index contributed by atoms with van der Waals surface area (Å²) >= 11 is 0. The van der Waals surface area contributed by atoms with Crippen molar-refractivity contribution in [2.45, 2.75) is 12.5 Å². The highest BCUT2D eigenvalue weighted by Gasteiger charge is 2.20. The van der Waals surface area contributed by atoms with Gasteiger partial charge in [-0.05, 0) is 7.05 Å². The van der Waals surface area contributed by atoms with E-state index in [1.165, 1.54) is 0 Å². The molecule has 0 spiro atoms. The molecule has 4 heteroatoms. The van der Waals surface area contributed by atoms with E-state index in [2.05, 4.69) is 10.2 Å². The SMILES string of the molecule is CN(CCC(N)=O)C1CNC1. The van der Waals surface area contributed by atoms with Crippen LogP contribution in [0.15, 0.2) is 0 Å². The van der Waals surface area contributed by atoms with Crippen molar-refractivity contribution in [1.82, 2.24) is 10.2 Å². The summed E-state index contributed by atoms with van der Waals surface area (Å²) in [4.78, 5) is 12.6. The number of nitrogens with one attached hydrogen (secondary N) is 1. The average Bonchev–Trinajstić information content (AvgIpc) is 1.79. The number of nitrogens with two attached hydrogens (primary N) is 1. The second-order valence-electron chi connectivity index (χ2n) is 3.01. The number of carbonyl (C=O) groups excluding carboxylic acids is 1. The molecular weight excluding hydrogens is 142 g/mol. The van der Waals surface area contributed by atoms with Crippen molar-refractivity contribution < 1.29 is 4.79 Å². The molecule has 1 fully saturated rings. The minimum atomic E-state index is -0.218. The molecule has 1 rings (SSSR count). The minimum absolute atomic E-state index is 0.218. The quantitative estimate of drug-likeness (QED) is 0.537. The van der Waals surface area contributed by atoms with E-state index in [0.29, 0.717) is 12.5 Å². The van der Waals surface area contributed by atoms with Crippen LogP contribution < -0.4 is 11.1 Å². The van der Waals surface area contributed by atoms with Gasteiger partial charge in [0.2, 0.25) is 5.91 Å². The van der Waals surface area contributed by atoms with Gasteiger partial charge in [-0.1, -0.05) is 0 Å². The number of rotatable bonds is 4. The van der Waals surface area contributed by atoms with Gasteiger partial charge in [0.15, 0.2) is 0 Å². The van der Waals surface area contributed by atoms with Crippen LogP contribution in [-0.2, 0) is 4.79 Å². The third-order valence-corrected chi connectivity index (χ3v) is 2.09. The van der Waals surface area contributed by atoms with Gasteiger partial charge in [0.1, 0.15) is 0 Å². The number of hydrogen-bond donors (Lipinski definition) is 2. The van der Waals surface area contributed by atoms with Crippen molar-refractivity contribution in [1.29, 1.82) is 0 Å². The van der Waals surface area contributed by atoms with E-state index < -0.39 is 0 Å². The minimum Gasteiger partial charge on any atom is -0.370 e. The molecule has 0 atom stereocenters. The summed E-state index contributed by atoms with van der Waals surface area (Å²) in [7, 11) is 2.02. The standard InChI is InChI=1S/C7H15N3O/c1-10(3-2-7(8)11)6-4-9-5-6/h6,9H,2-5H2,1H3,(H2,8,11). The van der Waals surface area contributed by atoms with E-state index in [1.54, 1.807) is 0 Å². The molecule has 0 aliphatic carbocycles.